The largest absolute Gasteiger partial charge is 0.505 e. The summed E-state index contributed by atoms with van der Waals surface area (Å²) in [6.07, 6.45) is 0. The molecule has 82 valence electrons. The molecule has 0 radical (unpaired) electrons. The molecule has 0 spiro atoms. The van der Waals surface area contributed by atoms with Crippen molar-refractivity contribution in [3.05, 3.63) is 48.0 Å². The molecule has 0 bridgehead atoms. The summed E-state index contributed by atoms with van der Waals surface area (Å²) in [7, 11) is 0. The van der Waals surface area contributed by atoms with Gasteiger partial charge >= 0.3 is 0 Å². The van der Waals surface area contributed by atoms with Crippen LogP contribution in [0.1, 0.15) is 0 Å². The first-order chi connectivity index (χ1) is 7.61. The molecule has 0 atom stereocenters. The van der Waals surface area contributed by atoms with Gasteiger partial charge in [-0.3, -0.25) is 0 Å². The van der Waals surface area contributed by atoms with Crippen molar-refractivity contribution in [2.45, 2.75) is 0 Å². The van der Waals surface area contributed by atoms with E-state index in [1.54, 1.807) is 0 Å². The Labute approximate surface area is 90.4 Å². The van der Waals surface area contributed by atoms with Gasteiger partial charge in [0.05, 0.1) is 0 Å². The summed E-state index contributed by atoms with van der Waals surface area (Å²) in [6, 6.07) is 7.79. The molecule has 2 N–H and O–H groups in total. The van der Waals surface area contributed by atoms with Gasteiger partial charge in [-0.15, -0.1) is 0 Å². The molecule has 0 saturated heterocycles. The van der Waals surface area contributed by atoms with E-state index in [4.69, 9.17) is 10.2 Å². The number of phenols is 2. The van der Waals surface area contributed by atoms with E-state index >= 15 is 0 Å². The van der Waals surface area contributed by atoms with Gasteiger partial charge < -0.3 is 10.2 Å². The Morgan fingerprint density at radius 3 is 1.44 bits per heavy atom. The zero-order chi connectivity index (χ0) is 11.7. The minimum absolute atomic E-state index is 0.0894. The van der Waals surface area contributed by atoms with Crippen molar-refractivity contribution in [3.8, 4) is 22.6 Å². The average molecular weight is 222 g/mol. The van der Waals surface area contributed by atoms with Gasteiger partial charge in [-0.25, -0.2) is 8.78 Å². The lowest BCUT2D eigenvalue weighted by molar-refractivity contribution is 0.429. The Hall–Kier alpha value is -2.10. The van der Waals surface area contributed by atoms with Gasteiger partial charge in [0.15, 0.2) is 23.1 Å². The van der Waals surface area contributed by atoms with Crippen molar-refractivity contribution in [1.82, 2.24) is 0 Å². The van der Waals surface area contributed by atoms with Crippen LogP contribution < -0.4 is 0 Å². The van der Waals surface area contributed by atoms with Crippen molar-refractivity contribution in [3.63, 3.8) is 0 Å². The Bertz CT molecular complexity index is 489. The van der Waals surface area contributed by atoms with Crippen molar-refractivity contribution in [1.29, 1.82) is 0 Å². The van der Waals surface area contributed by atoms with Crippen LogP contribution in [0.4, 0.5) is 8.78 Å². The highest BCUT2D eigenvalue weighted by Crippen LogP contribution is 2.32. The first kappa shape index (κ1) is 10.4. The molecule has 0 amide bonds. The predicted molar refractivity (Wildman–Crippen MR) is 55.1 cm³/mol. The monoisotopic (exact) mass is 222 g/mol. The minimum atomic E-state index is -0.910. The van der Waals surface area contributed by atoms with Gasteiger partial charge in [-0.05, 0) is 12.1 Å². The molecule has 2 rings (SSSR count). The molecule has 0 aliphatic heterocycles. The highest BCUT2D eigenvalue weighted by atomic mass is 19.1. The van der Waals surface area contributed by atoms with E-state index < -0.39 is 23.1 Å². The van der Waals surface area contributed by atoms with Crippen LogP contribution in [0.3, 0.4) is 0 Å². The van der Waals surface area contributed by atoms with Crippen LogP contribution in [0.5, 0.6) is 11.5 Å². The van der Waals surface area contributed by atoms with Crippen molar-refractivity contribution < 1.29 is 19.0 Å². The predicted octanol–water partition coefficient (Wildman–Crippen LogP) is 3.04. The summed E-state index contributed by atoms with van der Waals surface area (Å²) in [5.41, 5.74) is -0.179. The van der Waals surface area contributed by atoms with Crippen LogP contribution in [0.2, 0.25) is 0 Å². The minimum Gasteiger partial charge on any atom is -0.505 e. The molecule has 0 heterocycles. The van der Waals surface area contributed by atoms with E-state index in [1.165, 1.54) is 36.4 Å². The molecular formula is C12H8F2O2. The van der Waals surface area contributed by atoms with E-state index in [9.17, 15) is 8.78 Å². The fourth-order valence-electron chi connectivity index (χ4n) is 1.46. The number of phenolic OH excluding ortho intramolecular Hbond substituents is 2. The fourth-order valence-corrected chi connectivity index (χ4v) is 1.46. The highest BCUT2D eigenvalue weighted by molar-refractivity contribution is 5.68. The Morgan fingerprint density at radius 2 is 1.06 bits per heavy atom. The summed E-state index contributed by atoms with van der Waals surface area (Å²) >= 11 is 0. The molecule has 2 aromatic carbocycles. The van der Waals surface area contributed by atoms with Gasteiger partial charge in [-0.2, -0.15) is 0 Å². The smallest absolute Gasteiger partial charge is 0.172 e. The van der Waals surface area contributed by atoms with Crippen LogP contribution in [0.15, 0.2) is 36.4 Å². The molecule has 0 aliphatic carbocycles. The molecular weight excluding hydrogens is 214 g/mol. The second-order valence-electron chi connectivity index (χ2n) is 3.28. The van der Waals surface area contributed by atoms with Crippen LogP contribution in [-0.4, -0.2) is 10.2 Å². The summed E-state index contributed by atoms with van der Waals surface area (Å²) in [4.78, 5) is 0. The topological polar surface area (TPSA) is 40.5 Å². The molecule has 0 aromatic heterocycles. The van der Waals surface area contributed by atoms with E-state index in [2.05, 4.69) is 0 Å². The fraction of sp³-hybridized carbons (Fsp3) is 0. The molecule has 2 nitrogen and oxygen atoms in total. The zero-order valence-electron chi connectivity index (χ0n) is 8.11. The number of hydrogen-bond donors (Lipinski definition) is 2. The molecule has 4 heteroatoms. The highest BCUT2D eigenvalue weighted by Gasteiger charge is 2.14. The number of halogens is 2. The number of aromatic hydroxyl groups is 2. The molecule has 2 aromatic rings. The van der Waals surface area contributed by atoms with E-state index in [1.807, 2.05) is 0 Å². The Morgan fingerprint density at radius 1 is 0.688 bits per heavy atom. The third-order valence-electron chi connectivity index (χ3n) is 2.25. The summed E-state index contributed by atoms with van der Waals surface area (Å²) in [6.45, 7) is 0. The lowest BCUT2D eigenvalue weighted by Gasteiger charge is -2.06. The first-order valence-electron chi connectivity index (χ1n) is 4.56. The van der Waals surface area contributed by atoms with Gasteiger partial charge in [-0.1, -0.05) is 24.3 Å². The second-order valence-corrected chi connectivity index (χ2v) is 3.28. The average Bonchev–Trinajstić information content (AvgIpc) is 2.27. The van der Waals surface area contributed by atoms with Crippen LogP contribution in [0, 0.1) is 11.6 Å². The SMILES string of the molecule is Oc1cccc(-c2cccc(O)c2F)c1F. The van der Waals surface area contributed by atoms with Crippen LogP contribution in [-0.2, 0) is 0 Å². The van der Waals surface area contributed by atoms with Crippen molar-refractivity contribution >= 4 is 0 Å². The quantitative estimate of drug-likeness (QED) is 0.778. The molecule has 0 fully saturated rings. The maximum absolute atomic E-state index is 13.5. The molecule has 0 aliphatic rings. The number of hydrogen-bond acceptors (Lipinski definition) is 2. The Balaban J connectivity index is 2.68. The molecule has 0 saturated carbocycles. The lowest BCUT2D eigenvalue weighted by Crippen LogP contribution is -1.89. The normalized spacial score (nSPS) is 10.4. The maximum Gasteiger partial charge on any atom is 0.172 e. The third-order valence-corrected chi connectivity index (χ3v) is 2.25. The summed E-state index contributed by atoms with van der Waals surface area (Å²) < 4.78 is 27.0. The third kappa shape index (κ3) is 1.58. The van der Waals surface area contributed by atoms with Gasteiger partial charge in [0, 0.05) is 11.1 Å². The summed E-state index contributed by atoms with van der Waals surface area (Å²) in [5.74, 6) is -2.93. The van der Waals surface area contributed by atoms with Gasteiger partial charge in [0.25, 0.3) is 0 Å². The maximum atomic E-state index is 13.5. The van der Waals surface area contributed by atoms with Gasteiger partial charge in [0.1, 0.15) is 0 Å². The zero-order valence-corrected chi connectivity index (χ0v) is 8.11. The first-order valence-corrected chi connectivity index (χ1v) is 4.56. The van der Waals surface area contributed by atoms with Crippen molar-refractivity contribution in [2.24, 2.45) is 0 Å². The number of benzene rings is 2. The molecule has 16 heavy (non-hydrogen) atoms. The van der Waals surface area contributed by atoms with Crippen LogP contribution in [0.25, 0.3) is 11.1 Å². The Kier molecular flexibility index (Phi) is 2.48. The number of rotatable bonds is 1. The van der Waals surface area contributed by atoms with Crippen LogP contribution >= 0.6 is 0 Å². The van der Waals surface area contributed by atoms with Crippen molar-refractivity contribution in [2.75, 3.05) is 0 Å². The summed E-state index contributed by atoms with van der Waals surface area (Å²) in [5, 5.41) is 18.3. The second kappa shape index (κ2) is 3.81. The molecule has 0 unspecified atom stereocenters. The van der Waals surface area contributed by atoms with Gasteiger partial charge in [0.2, 0.25) is 0 Å². The van der Waals surface area contributed by atoms with E-state index in [0.717, 1.165) is 0 Å². The van der Waals surface area contributed by atoms with E-state index in [0.29, 0.717) is 0 Å². The van der Waals surface area contributed by atoms with E-state index in [-0.39, 0.29) is 11.1 Å². The lowest BCUT2D eigenvalue weighted by atomic mass is 10.0. The standard InChI is InChI=1S/C12H8F2O2/c13-11-7(3-1-5-9(11)15)8-4-2-6-10(16)12(8)14/h1-6,15-16H.